The van der Waals surface area contributed by atoms with Crippen LogP contribution in [0.3, 0.4) is 0 Å². The molecule has 0 heterocycles. The molecule has 8 nitrogen and oxygen atoms in total. The molecule has 9 heteroatoms. The van der Waals surface area contributed by atoms with Crippen LogP contribution in [-0.2, 0) is 29.2 Å². The van der Waals surface area contributed by atoms with Crippen LogP contribution in [-0.4, -0.2) is 39.1 Å². The molecule has 2 aromatic carbocycles. The molecule has 0 aromatic heterocycles. The van der Waals surface area contributed by atoms with Crippen molar-refractivity contribution >= 4 is 38.5 Å². The summed E-state index contributed by atoms with van der Waals surface area (Å²) in [5, 5.41) is 3.79. The van der Waals surface area contributed by atoms with E-state index in [0.29, 0.717) is 16.5 Å². The molecule has 132 valence electrons. The van der Waals surface area contributed by atoms with E-state index >= 15 is 0 Å². The fourth-order valence-corrected chi connectivity index (χ4v) is 2.61. The van der Waals surface area contributed by atoms with Crippen molar-refractivity contribution in [2.24, 2.45) is 0 Å². The number of hydrogen-bond acceptors (Lipinski definition) is 7. The maximum absolute atomic E-state index is 11.8. The van der Waals surface area contributed by atoms with Crippen LogP contribution in [0.15, 0.2) is 53.1 Å². The quantitative estimate of drug-likeness (QED) is 0.467. The first kappa shape index (κ1) is 18.4. The molecule has 0 bridgehead atoms. The highest BCUT2D eigenvalue weighted by atomic mass is 32.2. The van der Waals surface area contributed by atoms with Gasteiger partial charge in [-0.1, -0.05) is 18.2 Å². The Hall–Kier alpha value is -2.91. The maximum atomic E-state index is 11.8. The maximum Gasteiger partial charge on any atom is 0.354 e. The fraction of sp³-hybridized carbons (Fsp3) is 0.125. The molecule has 0 saturated heterocycles. The van der Waals surface area contributed by atoms with E-state index in [0.717, 1.165) is 20.3 Å². The van der Waals surface area contributed by atoms with Crippen LogP contribution in [0.25, 0.3) is 10.8 Å². The second-order valence-corrected chi connectivity index (χ2v) is 6.28. The van der Waals surface area contributed by atoms with Gasteiger partial charge in [-0.15, -0.1) is 0 Å². The van der Waals surface area contributed by atoms with Gasteiger partial charge in [0.1, 0.15) is 5.70 Å². The largest absolute Gasteiger partial charge is 0.466 e. The summed E-state index contributed by atoms with van der Waals surface area (Å²) in [5.74, 6) is -1.58. The lowest BCUT2D eigenvalue weighted by molar-refractivity contribution is -0.138. The molecule has 0 aliphatic heterocycles. The number of esters is 2. The monoisotopic (exact) mass is 365 g/mol. The third-order valence-electron chi connectivity index (χ3n) is 3.29. The van der Waals surface area contributed by atoms with Gasteiger partial charge >= 0.3 is 11.9 Å². The van der Waals surface area contributed by atoms with Gasteiger partial charge in [0.15, 0.2) is 0 Å². The van der Waals surface area contributed by atoms with E-state index in [1.807, 2.05) is 0 Å². The molecule has 0 saturated carbocycles. The van der Waals surface area contributed by atoms with Gasteiger partial charge in [0, 0.05) is 11.1 Å². The number of carbonyl (C=O) groups is 2. The Kier molecular flexibility index (Phi) is 5.40. The van der Waals surface area contributed by atoms with E-state index in [9.17, 15) is 22.6 Å². The second-order valence-electron chi connectivity index (χ2n) is 4.86. The Morgan fingerprint density at radius 3 is 2.44 bits per heavy atom. The molecule has 0 spiro atoms. The lowest BCUT2D eigenvalue weighted by Crippen LogP contribution is -2.15. The minimum atomic E-state index is -4.39. The highest BCUT2D eigenvalue weighted by molar-refractivity contribution is 7.85. The van der Waals surface area contributed by atoms with Crippen molar-refractivity contribution in [3.05, 3.63) is 48.2 Å². The van der Waals surface area contributed by atoms with E-state index < -0.39 is 22.1 Å². The summed E-state index contributed by atoms with van der Waals surface area (Å²) >= 11 is 0. The fourth-order valence-electron chi connectivity index (χ4n) is 2.10. The van der Waals surface area contributed by atoms with Crippen molar-refractivity contribution in [3.8, 4) is 0 Å². The van der Waals surface area contributed by atoms with Crippen molar-refractivity contribution in [3.63, 3.8) is 0 Å². The predicted octanol–water partition coefficient (Wildman–Crippen LogP) is 1.73. The first-order valence-corrected chi connectivity index (χ1v) is 8.35. The minimum absolute atomic E-state index is 0.195. The zero-order chi connectivity index (χ0) is 18.6. The van der Waals surface area contributed by atoms with Crippen LogP contribution < -0.4 is 5.32 Å². The number of benzene rings is 2. The molecular weight excluding hydrogens is 350 g/mol. The predicted molar refractivity (Wildman–Crippen MR) is 89.5 cm³/mol. The number of nitrogens with one attached hydrogen (secondary N) is 1. The van der Waals surface area contributed by atoms with E-state index in [1.165, 1.54) is 18.2 Å². The molecule has 0 aliphatic carbocycles. The minimum Gasteiger partial charge on any atom is -0.466 e. The first-order chi connectivity index (χ1) is 11.8. The molecule has 0 aliphatic rings. The Labute approximate surface area is 143 Å². The summed E-state index contributed by atoms with van der Waals surface area (Å²) in [6, 6.07) is 8.98. The lowest BCUT2D eigenvalue weighted by atomic mass is 10.1. The number of ether oxygens (including phenoxy) is 2. The standard InChI is InChI=1S/C16H15NO7S/c1-23-15(18)9-14(16(19)24-2)17-13-5-3-4-10-6-7-11(8-12(10)13)25(20,21)22/h3-9,17H,1-2H3,(H,20,21,22)/b14-9+. The Morgan fingerprint density at radius 2 is 1.84 bits per heavy atom. The van der Waals surface area contributed by atoms with Gasteiger partial charge in [-0.25, -0.2) is 9.59 Å². The average Bonchev–Trinajstić information content (AvgIpc) is 2.59. The summed E-state index contributed by atoms with van der Waals surface area (Å²) in [5.41, 5.74) is 0.141. The van der Waals surface area contributed by atoms with E-state index in [4.69, 9.17) is 0 Å². The third kappa shape index (κ3) is 4.34. The average molecular weight is 365 g/mol. The molecule has 0 amide bonds. The van der Waals surface area contributed by atoms with Crippen LogP contribution in [0.4, 0.5) is 5.69 Å². The topological polar surface area (TPSA) is 119 Å². The van der Waals surface area contributed by atoms with Gasteiger partial charge in [-0.05, 0) is 23.6 Å². The Balaban J connectivity index is 2.57. The van der Waals surface area contributed by atoms with Crippen LogP contribution >= 0.6 is 0 Å². The van der Waals surface area contributed by atoms with Crippen LogP contribution in [0.5, 0.6) is 0 Å². The number of carbonyl (C=O) groups excluding carboxylic acids is 2. The lowest BCUT2D eigenvalue weighted by Gasteiger charge is -2.12. The number of anilines is 1. The summed E-state index contributed by atoms with van der Waals surface area (Å²) in [6.45, 7) is 0. The Morgan fingerprint density at radius 1 is 1.12 bits per heavy atom. The van der Waals surface area contributed by atoms with Crippen LogP contribution in [0.2, 0.25) is 0 Å². The SMILES string of the molecule is COC(=O)/C=C(/Nc1cccc2ccc(S(=O)(=O)O)cc12)C(=O)OC. The summed E-state index contributed by atoms with van der Waals surface area (Å²) in [7, 11) is -2.09. The number of hydrogen-bond donors (Lipinski definition) is 2. The normalized spacial score (nSPS) is 11.9. The van der Waals surface area contributed by atoms with Gasteiger partial charge in [0.05, 0.1) is 25.2 Å². The third-order valence-corrected chi connectivity index (χ3v) is 4.14. The van der Waals surface area contributed by atoms with Gasteiger partial charge in [-0.3, -0.25) is 4.55 Å². The molecule has 25 heavy (non-hydrogen) atoms. The number of rotatable bonds is 5. The van der Waals surface area contributed by atoms with Gasteiger partial charge in [0.25, 0.3) is 10.1 Å². The van der Waals surface area contributed by atoms with Crippen LogP contribution in [0.1, 0.15) is 0 Å². The molecule has 0 unspecified atom stereocenters. The molecular formula is C16H15NO7S. The second kappa shape index (κ2) is 7.32. The van der Waals surface area contributed by atoms with E-state index in [1.54, 1.807) is 18.2 Å². The summed E-state index contributed by atoms with van der Waals surface area (Å²) in [6.07, 6.45) is 0.914. The zero-order valence-corrected chi connectivity index (χ0v) is 14.2. The molecule has 2 aromatic rings. The van der Waals surface area contributed by atoms with Gasteiger partial charge in [0.2, 0.25) is 0 Å². The van der Waals surface area contributed by atoms with Crippen molar-refractivity contribution in [1.29, 1.82) is 0 Å². The molecule has 0 radical (unpaired) electrons. The van der Waals surface area contributed by atoms with E-state index in [-0.39, 0.29) is 10.6 Å². The smallest absolute Gasteiger partial charge is 0.354 e. The summed E-state index contributed by atoms with van der Waals surface area (Å²) in [4.78, 5) is 23.0. The van der Waals surface area contributed by atoms with Crippen molar-refractivity contribution < 1.29 is 32.0 Å². The van der Waals surface area contributed by atoms with Gasteiger partial charge in [-0.2, -0.15) is 8.42 Å². The van der Waals surface area contributed by atoms with Gasteiger partial charge < -0.3 is 14.8 Å². The summed E-state index contributed by atoms with van der Waals surface area (Å²) < 4.78 is 41.0. The first-order valence-electron chi connectivity index (χ1n) is 6.91. The molecule has 2 rings (SSSR count). The highest BCUT2D eigenvalue weighted by Crippen LogP contribution is 2.27. The van der Waals surface area contributed by atoms with Crippen molar-refractivity contribution in [2.75, 3.05) is 19.5 Å². The highest BCUT2D eigenvalue weighted by Gasteiger charge is 2.16. The van der Waals surface area contributed by atoms with Crippen LogP contribution in [0, 0.1) is 0 Å². The molecule has 0 atom stereocenters. The number of fused-ring (bicyclic) bond motifs is 1. The zero-order valence-electron chi connectivity index (χ0n) is 13.3. The Bertz CT molecular complexity index is 964. The molecule has 0 fully saturated rings. The molecule has 2 N–H and O–H groups in total. The van der Waals surface area contributed by atoms with Crippen molar-refractivity contribution in [1.82, 2.24) is 0 Å². The number of methoxy groups -OCH3 is 2. The van der Waals surface area contributed by atoms with Crippen molar-refractivity contribution in [2.45, 2.75) is 4.90 Å². The van der Waals surface area contributed by atoms with E-state index in [2.05, 4.69) is 14.8 Å².